The number of fused-ring (bicyclic) bond motifs is 4. The minimum absolute atomic E-state index is 0.253. The van der Waals surface area contributed by atoms with E-state index >= 15 is 0 Å². The molecule has 5 bridgehead atoms. The molecule has 5 rings (SSSR count). The van der Waals surface area contributed by atoms with Gasteiger partial charge in [0.25, 0.3) is 11.8 Å². The van der Waals surface area contributed by atoms with Crippen LogP contribution in [0, 0.1) is 17.3 Å². The summed E-state index contributed by atoms with van der Waals surface area (Å²) in [6, 6.07) is 7.68. The third kappa shape index (κ3) is 8.29. The lowest BCUT2D eigenvalue weighted by Crippen LogP contribution is -2.61. The third-order valence-corrected chi connectivity index (χ3v) is 9.72. The number of cyclic esters (lactones) is 1. The van der Waals surface area contributed by atoms with E-state index in [9.17, 15) is 24.0 Å². The number of rotatable bonds is 3. The largest absolute Gasteiger partial charge is 0.462 e. The molecule has 4 atom stereocenters. The highest BCUT2D eigenvalue weighted by atomic mass is 16.6. The standard InChI is InChI=1S/C37H49N5O7/c1-21(2)31-33(44)39-24(6)34(45)42-19-7-8-29(41-42)32(43)38-23(5)28-12-11-26-10-9-25(20-30(26)40-28)13-16-37(36(47)49-31)17-14-27(15-18-37)48-35(46)22(3)4/h9-13,16,20-24,27,29,31,41H,7-8,14-15,17-19H2,1-6H3,(H,38,43)(H,39,44)/b16-13+/t23-,24+,27-,29?,31+,37+/m1/s1. The minimum atomic E-state index is -1.16. The molecule has 264 valence electrons. The SMILES string of the molecule is CC(C)C(=O)O[C@H]1CC[C@]2(/C=C/c3ccc4ccc(nc4c3)[C@@H](C)NC(=O)C3CCCN(N3)C(=O)[C@H](C)NC(=O)[C@H](C(C)C)OC2=O)CC1. The molecule has 1 aromatic heterocycles. The lowest BCUT2D eigenvalue weighted by Gasteiger charge is -2.37. The summed E-state index contributed by atoms with van der Waals surface area (Å²) in [5.74, 6) is -2.71. The number of amides is 3. The van der Waals surface area contributed by atoms with Crippen LogP contribution in [-0.4, -0.2) is 70.5 Å². The maximum Gasteiger partial charge on any atom is 0.316 e. The van der Waals surface area contributed by atoms with Gasteiger partial charge in [-0.25, -0.2) is 5.43 Å². The van der Waals surface area contributed by atoms with E-state index in [1.807, 2.05) is 49.4 Å². The van der Waals surface area contributed by atoms with Crippen LogP contribution in [0.1, 0.15) is 97.4 Å². The number of aromatic nitrogens is 1. The fourth-order valence-electron chi connectivity index (χ4n) is 6.55. The minimum Gasteiger partial charge on any atom is -0.462 e. The summed E-state index contributed by atoms with van der Waals surface area (Å²) in [7, 11) is 0. The van der Waals surface area contributed by atoms with Crippen molar-refractivity contribution in [3.8, 4) is 0 Å². The smallest absolute Gasteiger partial charge is 0.316 e. The Morgan fingerprint density at radius 2 is 1.65 bits per heavy atom. The van der Waals surface area contributed by atoms with Gasteiger partial charge in [0.1, 0.15) is 18.2 Å². The molecule has 1 spiro atoms. The molecule has 3 amide bonds. The van der Waals surface area contributed by atoms with Gasteiger partial charge in [0, 0.05) is 11.9 Å². The molecule has 12 nitrogen and oxygen atoms in total. The van der Waals surface area contributed by atoms with E-state index < -0.39 is 47.4 Å². The van der Waals surface area contributed by atoms with Gasteiger partial charge in [-0.1, -0.05) is 58.0 Å². The average molecular weight is 676 g/mol. The van der Waals surface area contributed by atoms with Crippen LogP contribution in [0.5, 0.6) is 0 Å². The van der Waals surface area contributed by atoms with E-state index in [2.05, 4.69) is 16.1 Å². The molecule has 2 aromatic rings. The van der Waals surface area contributed by atoms with Gasteiger partial charge in [-0.15, -0.1) is 0 Å². The number of esters is 2. The van der Waals surface area contributed by atoms with Crippen LogP contribution in [0.3, 0.4) is 0 Å². The number of benzene rings is 1. The van der Waals surface area contributed by atoms with Crippen LogP contribution in [0.25, 0.3) is 17.0 Å². The zero-order chi connectivity index (χ0) is 35.5. The molecule has 1 saturated heterocycles. The second kappa shape index (κ2) is 15.1. The van der Waals surface area contributed by atoms with Crippen molar-refractivity contribution in [3.63, 3.8) is 0 Å². The number of hydrazine groups is 1. The molecule has 1 aromatic carbocycles. The van der Waals surface area contributed by atoms with E-state index in [-0.39, 0.29) is 29.8 Å². The number of hydrogen-bond donors (Lipinski definition) is 3. The molecule has 49 heavy (non-hydrogen) atoms. The van der Waals surface area contributed by atoms with Crippen molar-refractivity contribution >= 4 is 46.6 Å². The quantitative estimate of drug-likeness (QED) is 0.407. The first kappa shape index (κ1) is 36.0. The first-order valence-corrected chi connectivity index (χ1v) is 17.5. The van der Waals surface area contributed by atoms with E-state index in [1.54, 1.807) is 34.6 Å². The highest BCUT2D eigenvalue weighted by Gasteiger charge is 2.44. The summed E-state index contributed by atoms with van der Waals surface area (Å²) in [6.45, 7) is 10.9. The molecule has 2 aliphatic heterocycles. The van der Waals surface area contributed by atoms with Crippen molar-refractivity contribution in [2.75, 3.05) is 6.54 Å². The molecule has 1 aliphatic carbocycles. The van der Waals surface area contributed by atoms with Gasteiger partial charge in [0.2, 0.25) is 5.91 Å². The monoisotopic (exact) mass is 675 g/mol. The molecule has 1 unspecified atom stereocenters. The Bertz CT molecular complexity index is 1610. The highest BCUT2D eigenvalue weighted by Crippen LogP contribution is 2.41. The second-order valence-electron chi connectivity index (χ2n) is 14.3. The van der Waals surface area contributed by atoms with Crippen LogP contribution >= 0.6 is 0 Å². The third-order valence-electron chi connectivity index (χ3n) is 9.72. The Hall–Kier alpha value is -4.32. The van der Waals surface area contributed by atoms with E-state index in [0.29, 0.717) is 50.8 Å². The molecule has 3 heterocycles. The van der Waals surface area contributed by atoms with Crippen LogP contribution in [0.15, 0.2) is 36.4 Å². The predicted molar refractivity (Wildman–Crippen MR) is 183 cm³/mol. The first-order valence-electron chi connectivity index (χ1n) is 17.5. The van der Waals surface area contributed by atoms with Gasteiger partial charge in [0.05, 0.1) is 28.6 Å². The maximum atomic E-state index is 14.2. The van der Waals surface area contributed by atoms with Gasteiger partial charge in [-0.3, -0.25) is 34.0 Å². The zero-order valence-electron chi connectivity index (χ0n) is 29.3. The van der Waals surface area contributed by atoms with Crippen molar-refractivity contribution in [1.29, 1.82) is 0 Å². The lowest BCUT2D eigenvalue weighted by atomic mass is 9.72. The highest BCUT2D eigenvalue weighted by molar-refractivity contribution is 5.92. The van der Waals surface area contributed by atoms with Crippen LogP contribution < -0.4 is 16.1 Å². The summed E-state index contributed by atoms with van der Waals surface area (Å²) in [5, 5.41) is 8.07. The molecule has 1 saturated carbocycles. The number of nitrogens with zero attached hydrogens (tertiary/aromatic N) is 2. The van der Waals surface area contributed by atoms with Crippen LogP contribution in [-0.2, 0) is 33.4 Å². The van der Waals surface area contributed by atoms with Crippen LogP contribution in [0.2, 0.25) is 0 Å². The Labute approximate surface area is 287 Å². The lowest BCUT2D eigenvalue weighted by molar-refractivity contribution is -0.170. The number of pyridine rings is 1. The number of nitrogens with one attached hydrogen (secondary N) is 3. The molecule has 12 heteroatoms. The first-order chi connectivity index (χ1) is 23.3. The van der Waals surface area contributed by atoms with Gasteiger partial charge in [-0.2, -0.15) is 0 Å². The summed E-state index contributed by atoms with van der Waals surface area (Å²) in [6.07, 6.45) is 4.99. The second-order valence-corrected chi connectivity index (χ2v) is 14.3. The summed E-state index contributed by atoms with van der Waals surface area (Å²) < 4.78 is 11.7. The van der Waals surface area contributed by atoms with Crippen molar-refractivity contribution in [2.24, 2.45) is 17.3 Å². The van der Waals surface area contributed by atoms with Crippen molar-refractivity contribution in [2.45, 2.75) is 110 Å². The zero-order valence-corrected chi connectivity index (χ0v) is 29.3. The summed E-state index contributed by atoms with van der Waals surface area (Å²) in [4.78, 5) is 71.7. The number of hydrogen-bond acceptors (Lipinski definition) is 9. The molecule has 0 radical (unpaired) electrons. The van der Waals surface area contributed by atoms with E-state index in [0.717, 1.165) is 16.5 Å². The van der Waals surface area contributed by atoms with E-state index in [1.165, 1.54) is 5.01 Å². The Morgan fingerprint density at radius 3 is 2.35 bits per heavy atom. The topological polar surface area (TPSA) is 156 Å². The fraction of sp³-hybridized carbons (Fsp3) is 0.568. The van der Waals surface area contributed by atoms with E-state index in [4.69, 9.17) is 14.5 Å². The summed E-state index contributed by atoms with van der Waals surface area (Å²) >= 11 is 0. The fourth-order valence-corrected chi connectivity index (χ4v) is 6.55. The van der Waals surface area contributed by atoms with Crippen molar-refractivity contribution in [1.82, 2.24) is 26.1 Å². The van der Waals surface area contributed by atoms with Crippen molar-refractivity contribution in [3.05, 3.63) is 47.7 Å². The van der Waals surface area contributed by atoms with Crippen molar-refractivity contribution < 1.29 is 33.4 Å². The average Bonchev–Trinajstić information content (AvgIpc) is 3.08. The Kier molecular flexibility index (Phi) is 11.1. The predicted octanol–water partition coefficient (Wildman–Crippen LogP) is 4.14. The number of carbonyl (C=O) groups is 5. The van der Waals surface area contributed by atoms with Gasteiger partial charge < -0.3 is 20.1 Å². The number of carbonyl (C=O) groups excluding carboxylic acids is 5. The molecule has 3 N–H and O–H groups in total. The maximum absolute atomic E-state index is 14.2. The van der Waals surface area contributed by atoms with Crippen LogP contribution in [0.4, 0.5) is 0 Å². The molecular weight excluding hydrogens is 626 g/mol. The molecular formula is C37H49N5O7. The van der Waals surface area contributed by atoms with Gasteiger partial charge in [-0.05, 0) is 76.0 Å². The number of ether oxygens (including phenoxy) is 2. The van der Waals surface area contributed by atoms with Gasteiger partial charge in [0.15, 0.2) is 6.10 Å². The van der Waals surface area contributed by atoms with Gasteiger partial charge >= 0.3 is 11.9 Å². The summed E-state index contributed by atoms with van der Waals surface area (Å²) in [5.41, 5.74) is 4.19. The Balaban J connectivity index is 1.51. The molecule has 3 aliphatic rings. The Morgan fingerprint density at radius 1 is 0.959 bits per heavy atom. The normalized spacial score (nSPS) is 29.5. The molecule has 2 fully saturated rings.